The Morgan fingerprint density at radius 3 is 2.52 bits per heavy atom. The Bertz CT molecular complexity index is 656. The highest BCUT2D eigenvalue weighted by molar-refractivity contribution is 5.37. The molecule has 3 aliphatic carbocycles. The van der Waals surface area contributed by atoms with E-state index in [1.54, 1.807) is 12.5 Å². The lowest BCUT2D eigenvalue weighted by Crippen LogP contribution is -2.66. The number of hydrogen-bond acceptors (Lipinski definition) is 5. The molecule has 4 rings (SSSR count). The summed E-state index contributed by atoms with van der Waals surface area (Å²) < 4.78 is 5.47. The van der Waals surface area contributed by atoms with Crippen LogP contribution in [0.4, 0.5) is 0 Å². The summed E-state index contributed by atoms with van der Waals surface area (Å²) in [6.07, 6.45) is 5.82. The molecule has 2 fully saturated rings. The molecular formula is C20H30O5. The minimum Gasteiger partial charge on any atom is -0.472 e. The molecular weight excluding hydrogens is 320 g/mol. The molecule has 0 bridgehead atoms. The number of rotatable bonds is 2. The fourth-order valence-electron chi connectivity index (χ4n) is 7.02. The summed E-state index contributed by atoms with van der Waals surface area (Å²) in [5.41, 5.74) is 1.01. The zero-order valence-electron chi connectivity index (χ0n) is 15.1. The van der Waals surface area contributed by atoms with Crippen molar-refractivity contribution < 1.29 is 24.8 Å². The lowest BCUT2D eigenvalue weighted by Gasteiger charge is -2.66. The van der Waals surface area contributed by atoms with E-state index in [9.17, 15) is 20.4 Å². The molecule has 0 aromatic carbocycles. The van der Waals surface area contributed by atoms with Crippen molar-refractivity contribution in [1.29, 1.82) is 0 Å². The first-order chi connectivity index (χ1) is 11.8. The number of aliphatic hydroxyl groups excluding tert-OH is 4. The van der Waals surface area contributed by atoms with Crippen LogP contribution in [0.3, 0.4) is 0 Å². The molecule has 0 amide bonds. The number of aliphatic hydroxyl groups is 4. The number of aryl methyl sites for hydroxylation is 1. The van der Waals surface area contributed by atoms with Gasteiger partial charge in [-0.25, -0.2) is 0 Å². The first kappa shape index (κ1) is 17.5. The molecule has 25 heavy (non-hydrogen) atoms. The topological polar surface area (TPSA) is 94.1 Å². The van der Waals surface area contributed by atoms with Gasteiger partial charge in [0.1, 0.15) is 0 Å². The molecule has 0 spiro atoms. The smallest absolute Gasteiger partial charge is 0.0944 e. The quantitative estimate of drug-likeness (QED) is 0.650. The molecule has 5 nitrogen and oxygen atoms in total. The van der Waals surface area contributed by atoms with Crippen molar-refractivity contribution in [3.8, 4) is 0 Å². The van der Waals surface area contributed by atoms with Crippen LogP contribution in [-0.4, -0.2) is 45.8 Å². The van der Waals surface area contributed by atoms with Gasteiger partial charge in [0.15, 0.2) is 0 Å². The Balaban J connectivity index is 1.83. The summed E-state index contributed by atoms with van der Waals surface area (Å²) in [6, 6.07) is 0. The van der Waals surface area contributed by atoms with Crippen LogP contribution < -0.4 is 0 Å². The molecule has 1 heterocycles. The van der Waals surface area contributed by atoms with Gasteiger partial charge in [0, 0.05) is 16.4 Å². The second-order valence-corrected chi connectivity index (χ2v) is 9.19. The van der Waals surface area contributed by atoms with Gasteiger partial charge in [-0.1, -0.05) is 13.8 Å². The Kier molecular flexibility index (Phi) is 3.90. The maximum atomic E-state index is 10.6. The Hall–Kier alpha value is -0.880. The molecule has 0 radical (unpaired) electrons. The van der Waals surface area contributed by atoms with Crippen LogP contribution in [0.1, 0.15) is 50.7 Å². The summed E-state index contributed by atoms with van der Waals surface area (Å²) in [6.45, 7) is 4.03. The number of furan rings is 1. The van der Waals surface area contributed by atoms with E-state index in [1.165, 1.54) is 5.56 Å². The van der Waals surface area contributed by atoms with Crippen molar-refractivity contribution in [2.75, 3.05) is 13.2 Å². The van der Waals surface area contributed by atoms with E-state index in [0.717, 1.165) is 31.2 Å². The van der Waals surface area contributed by atoms with Crippen molar-refractivity contribution in [2.45, 2.75) is 63.6 Å². The van der Waals surface area contributed by atoms with E-state index in [2.05, 4.69) is 6.92 Å². The number of fused-ring (bicyclic) bond motifs is 5. The summed E-state index contributed by atoms with van der Waals surface area (Å²) in [5, 5.41) is 41.8. The summed E-state index contributed by atoms with van der Waals surface area (Å²) in [4.78, 5) is 0. The van der Waals surface area contributed by atoms with Crippen molar-refractivity contribution in [1.82, 2.24) is 0 Å². The van der Waals surface area contributed by atoms with Crippen LogP contribution in [0.15, 0.2) is 16.9 Å². The molecule has 7 atom stereocenters. The first-order valence-electron chi connectivity index (χ1n) is 9.47. The molecule has 0 aliphatic heterocycles. The Morgan fingerprint density at radius 2 is 1.84 bits per heavy atom. The minimum atomic E-state index is -0.912. The van der Waals surface area contributed by atoms with E-state index >= 15 is 0 Å². The van der Waals surface area contributed by atoms with Gasteiger partial charge in [0.05, 0.1) is 37.9 Å². The molecule has 140 valence electrons. The highest BCUT2D eigenvalue weighted by atomic mass is 16.3. The molecule has 1 aromatic heterocycles. The summed E-state index contributed by atoms with van der Waals surface area (Å²) >= 11 is 0. The maximum Gasteiger partial charge on any atom is 0.0944 e. The number of hydrogen-bond donors (Lipinski definition) is 4. The van der Waals surface area contributed by atoms with Crippen LogP contribution in [0.25, 0.3) is 0 Å². The highest BCUT2D eigenvalue weighted by Gasteiger charge is 2.65. The highest BCUT2D eigenvalue weighted by Crippen LogP contribution is 2.66. The molecule has 5 heteroatoms. The van der Waals surface area contributed by atoms with Crippen LogP contribution in [-0.2, 0) is 11.8 Å². The first-order valence-corrected chi connectivity index (χ1v) is 9.47. The second kappa shape index (κ2) is 5.56. The van der Waals surface area contributed by atoms with Crippen LogP contribution in [0.5, 0.6) is 0 Å². The molecule has 2 saturated carbocycles. The molecule has 3 aliphatic rings. The molecule has 1 aromatic rings. The lowest BCUT2D eigenvalue weighted by atomic mass is 9.39. The van der Waals surface area contributed by atoms with Crippen molar-refractivity contribution in [2.24, 2.45) is 22.7 Å². The van der Waals surface area contributed by atoms with Gasteiger partial charge in [-0.2, -0.15) is 0 Å². The van der Waals surface area contributed by atoms with Gasteiger partial charge in [0.2, 0.25) is 0 Å². The third-order valence-corrected chi connectivity index (χ3v) is 8.23. The third-order valence-electron chi connectivity index (χ3n) is 8.23. The third kappa shape index (κ3) is 2.04. The zero-order chi connectivity index (χ0) is 18.0. The van der Waals surface area contributed by atoms with Gasteiger partial charge < -0.3 is 24.8 Å². The van der Waals surface area contributed by atoms with Crippen molar-refractivity contribution in [3.63, 3.8) is 0 Å². The normalized spacial score (nSPS) is 49.2. The van der Waals surface area contributed by atoms with E-state index in [0.29, 0.717) is 6.42 Å². The van der Waals surface area contributed by atoms with Gasteiger partial charge in [0.25, 0.3) is 0 Å². The molecule has 0 saturated heterocycles. The van der Waals surface area contributed by atoms with Gasteiger partial charge in [-0.05, 0) is 54.9 Å². The summed E-state index contributed by atoms with van der Waals surface area (Å²) in [5.74, 6) is 0.309. The van der Waals surface area contributed by atoms with Crippen LogP contribution in [0, 0.1) is 22.7 Å². The van der Waals surface area contributed by atoms with Crippen molar-refractivity contribution >= 4 is 0 Å². The fraction of sp³-hybridized carbons (Fsp3) is 0.800. The standard InChI is InChI=1S/C20H30O5/c1-18-7-14(23)17(24)19(2,10-21)15(18)5-6-20(11-22)13-9-25-8-12(13)3-4-16(18)20/h8-9,14-17,21-24H,3-7,10-11H2,1-2H3/t14-,15?,16?,17-,18-,19+,20+/m0/s1. The van der Waals surface area contributed by atoms with Crippen molar-refractivity contribution in [3.05, 3.63) is 23.7 Å². The lowest BCUT2D eigenvalue weighted by molar-refractivity contribution is -0.223. The van der Waals surface area contributed by atoms with Gasteiger partial charge >= 0.3 is 0 Å². The Labute approximate surface area is 148 Å². The van der Waals surface area contributed by atoms with Crippen LogP contribution >= 0.6 is 0 Å². The van der Waals surface area contributed by atoms with E-state index in [1.807, 2.05) is 6.92 Å². The van der Waals surface area contributed by atoms with Crippen LogP contribution in [0.2, 0.25) is 0 Å². The van der Waals surface area contributed by atoms with E-state index in [4.69, 9.17) is 4.42 Å². The molecule has 4 N–H and O–H groups in total. The zero-order valence-corrected chi connectivity index (χ0v) is 15.1. The summed E-state index contributed by atoms with van der Waals surface area (Å²) in [7, 11) is 0. The Morgan fingerprint density at radius 1 is 1.08 bits per heavy atom. The van der Waals surface area contributed by atoms with E-state index < -0.39 is 17.6 Å². The predicted molar refractivity (Wildman–Crippen MR) is 91.9 cm³/mol. The van der Waals surface area contributed by atoms with Gasteiger partial charge in [-0.15, -0.1) is 0 Å². The molecule has 2 unspecified atom stereocenters. The monoisotopic (exact) mass is 350 g/mol. The fourth-order valence-corrected chi connectivity index (χ4v) is 7.02. The van der Waals surface area contributed by atoms with E-state index in [-0.39, 0.29) is 35.9 Å². The largest absolute Gasteiger partial charge is 0.472 e. The second-order valence-electron chi connectivity index (χ2n) is 9.19. The average Bonchev–Trinajstić information content (AvgIpc) is 3.09. The maximum absolute atomic E-state index is 10.6. The average molecular weight is 350 g/mol. The SMILES string of the molecule is C[C@]12C[C@H](O)[C@H](O)[C@](C)(CO)C1CC[C@@]1(CO)c3cocc3CCC12. The predicted octanol–water partition coefficient (Wildman–Crippen LogP) is 1.61. The van der Waals surface area contributed by atoms with Gasteiger partial charge in [-0.3, -0.25) is 0 Å². The minimum absolute atomic E-state index is 0.0704.